The second-order valence-corrected chi connectivity index (χ2v) is 4.28. The minimum atomic E-state index is -4.52. The fraction of sp³-hybridized carbons (Fsp3) is 0.385. The number of nitrogens with zero attached hydrogens (tertiary/aromatic N) is 2. The molecule has 0 aliphatic carbocycles. The molecule has 0 aliphatic heterocycles. The Hall–Kier alpha value is -2.09. The van der Waals surface area contributed by atoms with E-state index in [0.717, 1.165) is 6.07 Å². The summed E-state index contributed by atoms with van der Waals surface area (Å²) in [6.45, 7) is 1.65. The molecule has 21 heavy (non-hydrogen) atoms. The molecule has 2 N–H and O–H groups in total. The van der Waals surface area contributed by atoms with Crippen LogP contribution < -0.4 is 10.5 Å². The van der Waals surface area contributed by atoms with Crippen molar-refractivity contribution in [1.82, 2.24) is 10.1 Å². The van der Waals surface area contributed by atoms with Crippen molar-refractivity contribution in [1.29, 1.82) is 0 Å². The molecule has 0 bridgehead atoms. The first-order valence-electron chi connectivity index (χ1n) is 6.28. The summed E-state index contributed by atoms with van der Waals surface area (Å²) in [6.07, 6.45) is -3.97. The smallest absolute Gasteiger partial charge is 0.419 e. The van der Waals surface area contributed by atoms with Crippen molar-refractivity contribution >= 4 is 0 Å². The van der Waals surface area contributed by atoms with Gasteiger partial charge >= 0.3 is 6.18 Å². The quantitative estimate of drug-likeness (QED) is 0.919. The van der Waals surface area contributed by atoms with Gasteiger partial charge in [0.2, 0.25) is 11.7 Å². The second-order valence-electron chi connectivity index (χ2n) is 4.28. The van der Waals surface area contributed by atoms with Gasteiger partial charge < -0.3 is 15.0 Å². The fourth-order valence-corrected chi connectivity index (χ4v) is 1.69. The zero-order valence-corrected chi connectivity index (χ0v) is 11.3. The van der Waals surface area contributed by atoms with Crippen molar-refractivity contribution in [2.24, 2.45) is 5.73 Å². The van der Waals surface area contributed by atoms with Gasteiger partial charge in [0, 0.05) is 13.0 Å². The molecule has 114 valence electrons. The number of aryl methyl sites for hydroxylation is 1. The second kappa shape index (κ2) is 6.13. The van der Waals surface area contributed by atoms with Crippen LogP contribution in [0.3, 0.4) is 0 Å². The molecule has 0 radical (unpaired) electrons. The summed E-state index contributed by atoms with van der Waals surface area (Å²) >= 11 is 0. The number of rotatable bonds is 5. The molecule has 2 aromatic rings. The molecule has 0 amide bonds. The van der Waals surface area contributed by atoms with Gasteiger partial charge in [0.15, 0.2) is 6.61 Å². The highest BCUT2D eigenvalue weighted by Crippen LogP contribution is 2.37. The highest BCUT2D eigenvalue weighted by atomic mass is 19.4. The van der Waals surface area contributed by atoms with Crippen LogP contribution >= 0.6 is 0 Å². The summed E-state index contributed by atoms with van der Waals surface area (Å²) in [5.74, 6) is 0.313. The lowest BCUT2D eigenvalue weighted by Gasteiger charge is -2.14. The topological polar surface area (TPSA) is 74.2 Å². The maximum absolute atomic E-state index is 13.0. The van der Waals surface area contributed by atoms with E-state index >= 15 is 0 Å². The van der Waals surface area contributed by atoms with Crippen molar-refractivity contribution in [3.05, 3.63) is 41.0 Å². The minimum absolute atomic E-state index is 0.0219. The van der Waals surface area contributed by atoms with Crippen LogP contribution in [0.4, 0.5) is 13.2 Å². The number of aromatic nitrogens is 2. The molecular formula is C13H14F3N3O2. The van der Waals surface area contributed by atoms with Crippen molar-refractivity contribution in [2.45, 2.75) is 32.7 Å². The molecule has 0 spiro atoms. The monoisotopic (exact) mass is 301 g/mol. The van der Waals surface area contributed by atoms with E-state index in [9.17, 15) is 13.2 Å². The molecule has 0 fully saturated rings. The zero-order valence-electron chi connectivity index (χ0n) is 11.3. The van der Waals surface area contributed by atoms with Crippen molar-refractivity contribution in [3.8, 4) is 5.75 Å². The molecule has 0 unspecified atom stereocenters. The summed E-state index contributed by atoms with van der Waals surface area (Å²) < 4.78 is 49.0. The summed E-state index contributed by atoms with van der Waals surface area (Å²) in [6, 6.07) is 3.70. The molecule has 0 saturated heterocycles. The number of hydrogen-bond acceptors (Lipinski definition) is 5. The number of benzene rings is 1. The maximum atomic E-state index is 13.0. The van der Waals surface area contributed by atoms with Crippen LogP contribution in [-0.4, -0.2) is 10.1 Å². The van der Waals surface area contributed by atoms with Gasteiger partial charge in [0.25, 0.3) is 0 Å². The van der Waals surface area contributed by atoms with Gasteiger partial charge in [0.1, 0.15) is 5.75 Å². The normalized spacial score (nSPS) is 11.7. The van der Waals surface area contributed by atoms with E-state index in [2.05, 4.69) is 10.1 Å². The zero-order chi connectivity index (χ0) is 15.5. The largest absolute Gasteiger partial charge is 0.485 e. The van der Waals surface area contributed by atoms with Gasteiger partial charge in [-0.05, 0) is 17.7 Å². The number of halogens is 3. The SMILES string of the molecule is CCc1nc(COc2ccc(CN)cc2C(F)(F)F)no1. The third-order valence-electron chi connectivity index (χ3n) is 2.75. The number of nitrogens with two attached hydrogens (primary N) is 1. The predicted octanol–water partition coefficient (Wildman–Crippen LogP) is 2.69. The Morgan fingerprint density at radius 1 is 1.33 bits per heavy atom. The van der Waals surface area contributed by atoms with E-state index in [1.54, 1.807) is 0 Å². The highest BCUT2D eigenvalue weighted by molar-refractivity contribution is 5.39. The third kappa shape index (κ3) is 3.72. The first-order chi connectivity index (χ1) is 9.94. The molecule has 1 heterocycles. The molecule has 1 aromatic carbocycles. The standard InChI is InChI=1S/C13H14F3N3O2/c1-2-12-18-11(19-21-12)7-20-10-4-3-8(6-17)5-9(10)13(14,15)16/h3-5H,2,6-7,17H2,1H3. The van der Waals surface area contributed by atoms with Crippen molar-refractivity contribution in [2.75, 3.05) is 0 Å². The van der Waals surface area contributed by atoms with Gasteiger partial charge in [-0.25, -0.2) is 0 Å². The Labute approximate surface area is 118 Å². The summed E-state index contributed by atoms with van der Waals surface area (Å²) in [7, 11) is 0. The van der Waals surface area contributed by atoms with Gasteiger partial charge in [-0.1, -0.05) is 18.1 Å². The highest BCUT2D eigenvalue weighted by Gasteiger charge is 2.34. The van der Waals surface area contributed by atoms with Gasteiger partial charge in [0.05, 0.1) is 5.56 Å². The van der Waals surface area contributed by atoms with Crippen LogP contribution in [0, 0.1) is 0 Å². The first-order valence-corrected chi connectivity index (χ1v) is 6.28. The molecule has 0 saturated carbocycles. The lowest BCUT2D eigenvalue weighted by atomic mass is 10.1. The summed E-state index contributed by atoms with van der Waals surface area (Å²) in [5.41, 5.74) is 4.86. The van der Waals surface area contributed by atoms with Crippen molar-refractivity contribution in [3.63, 3.8) is 0 Å². The third-order valence-corrected chi connectivity index (χ3v) is 2.75. The van der Waals surface area contributed by atoms with Crippen LogP contribution in [0.5, 0.6) is 5.75 Å². The van der Waals surface area contributed by atoms with Crippen LogP contribution in [-0.2, 0) is 25.7 Å². The van der Waals surface area contributed by atoms with Crippen LogP contribution in [0.1, 0.15) is 29.8 Å². The Balaban J connectivity index is 2.19. The summed E-state index contributed by atoms with van der Waals surface area (Å²) in [5, 5.41) is 3.62. The number of ether oxygens (including phenoxy) is 1. The van der Waals surface area contributed by atoms with Crippen LogP contribution in [0.25, 0.3) is 0 Å². The van der Waals surface area contributed by atoms with E-state index in [1.165, 1.54) is 12.1 Å². The molecule has 1 aromatic heterocycles. The first kappa shape index (κ1) is 15.3. The lowest BCUT2D eigenvalue weighted by molar-refractivity contribution is -0.139. The molecule has 0 atom stereocenters. The van der Waals surface area contributed by atoms with Crippen LogP contribution in [0.15, 0.2) is 22.7 Å². The fourth-order valence-electron chi connectivity index (χ4n) is 1.69. The molecular weight excluding hydrogens is 287 g/mol. The van der Waals surface area contributed by atoms with Gasteiger partial charge in [-0.3, -0.25) is 0 Å². The average molecular weight is 301 g/mol. The molecule has 8 heteroatoms. The van der Waals surface area contributed by atoms with E-state index < -0.39 is 11.7 Å². The Bertz CT molecular complexity index is 611. The predicted molar refractivity (Wildman–Crippen MR) is 67.3 cm³/mol. The van der Waals surface area contributed by atoms with Crippen molar-refractivity contribution < 1.29 is 22.4 Å². The van der Waals surface area contributed by atoms with E-state index in [0.29, 0.717) is 17.9 Å². The Morgan fingerprint density at radius 2 is 2.10 bits per heavy atom. The van der Waals surface area contributed by atoms with E-state index in [-0.39, 0.29) is 24.7 Å². The average Bonchev–Trinajstić information content (AvgIpc) is 2.92. The minimum Gasteiger partial charge on any atom is -0.485 e. The Morgan fingerprint density at radius 3 is 2.67 bits per heavy atom. The Kier molecular flexibility index (Phi) is 4.46. The lowest BCUT2D eigenvalue weighted by Crippen LogP contribution is -2.11. The van der Waals surface area contributed by atoms with Gasteiger partial charge in [-0.15, -0.1) is 0 Å². The molecule has 5 nitrogen and oxygen atoms in total. The molecule has 0 aliphatic rings. The molecule has 2 rings (SSSR count). The van der Waals surface area contributed by atoms with Gasteiger partial charge in [-0.2, -0.15) is 18.2 Å². The van der Waals surface area contributed by atoms with E-state index in [1.807, 2.05) is 6.92 Å². The number of hydrogen-bond donors (Lipinski definition) is 1. The maximum Gasteiger partial charge on any atom is 0.419 e. The van der Waals surface area contributed by atoms with Crippen LogP contribution in [0.2, 0.25) is 0 Å². The number of alkyl halides is 3. The van der Waals surface area contributed by atoms with E-state index in [4.69, 9.17) is 15.0 Å². The summed E-state index contributed by atoms with van der Waals surface area (Å²) in [4.78, 5) is 3.97.